The Labute approximate surface area is 109 Å². The minimum atomic E-state index is -0.0255. The maximum atomic E-state index is 11.8. The van der Waals surface area contributed by atoms with E-state index in [0.29, 0.717) is 5.56 Å². The minimum absolute atomic E-state index is 0.0255. The molecule has 0 saturated heterocycles. The molecule has 0 bridgehead atoms. The fourth-order valence-corrected chi connectivity index (χ4v) is 1.60. The second-order valence-electron chi connectivity index (χ2n) is 4.49. The SMILES string of the molecule is COc1ccc(C(=O)NCCCCN(C)C)cc1. The molecule has 0 spiro atoms. The fourth-order valence-electron chi connectivity index (χ4n) is 1.60. The van der Waals surface area contributed by atoms with Crippen LogP contribution in [0.25, 0.3) is 0 Å². The molecule has 0 aliphatic carbocycles. The van der Waals surface area contributed by atoms with Crippen molar-refractivity contribution >= 4 is 5.91 Å². The first-order chi connectivity index (χ1) is 8.63. The summed E-state index contributed by atoms with van der Waals surface area (Å²) in [6.07, 6.45) is 2.09. The van der Waals surface area contributed by atoms with Crippen LogP contribution in [0.1, 0.15) is 23.2 Å². The van der Waals surface area contributed by atoms with Gasteiger partial charge in [-0.1, -0.05) is 0 Å². The number of unbranched alkanes of at least 4 members (excludes halogenated alkanes) is 1. The van der Waals surface area contributed by atoms with Gasteiger partial charge in [-0.25, -0.2) is 0 Å². The van der Waals surface area contributed by atoms with Gasteiger partial charge in [0.25, 0.3) is 5.91 Å². The maximum Gasteiger partial charge on any atom is 0.251 e. The van der Waals surface area contributed by atoms with Crippen LogP contribution >= 0.6 is 0 Å². The molecule has 1 amide bonds. The zero-order valence-electron chi connectivity index (χ0n) is 11.4. The molecule has 1 aromatic rings. The molecule has 4 nitrogen and oxygen atoms in total. The van der Waals surface area contributed by atoms with Crippen LogP contribution in [0.5, 0.6) is 5.75 Å². The molecule has 1 rings (SSSR count). The quantitative estimate of drug-likeness (QED) is 0.750. The van der Waals surface area contributed by atoms with Gasteiger partial charge in [-0.05, 0) is 57.7 Å². The Morgan fingerprint density at radius 1 is 1.22 bits per heavy atom. The zero-order chi connectivity index (χ0) is 13.4. The minimum Gasteiger partial charge on any atom is -0.497 e. The summed E-state index contributed by atoms with van der Waals surface area (Å²) < 4.78 is 5.05. The Kier molecular flexibility index (Phi) is 6.22. The summed E-state index contributed by atoms with van der Waals surface area (Å²) in [7, 11) is 5.71. The lowest BCUT2D eigenvalue weighted by Crippen LogP contribution is -2.25. The van der Waals surface area contributed by atoms with Crippen molar-refractivity contribution in [2.75, 3.05) is 34.3 Å². The van der Waals surface area contributed by atoms with E-state index in [-0.39, 0.29) is 5.91 Å². The first-order valence-electron chi connectivity index (χ1n) is 6.20. The third kappa shape index (κ3) is 5.19. The number of nitrogens with one attached hydrogen (secondary N) is 1. The number of rotatable bonds is 7. The highest BCUT2D eigenvalue weighted by atomic mass is 16.5. The second-order valence-corrected chi connectivity index (χ2v) is 4.49. The van der Waals surface area contributed by atoms with Crippen LogP contribution in [-0.4, -0.2) is 45.1 Å². The van der Waals surface area contributed by atoms with Gasteiger partial charge in [-0.2, -0.15) is 0 Å². The molecule has 0 fully saturated rings. The molecule has 0 aliphatic heterocycles. The van der Waals surface area contributed by atoms with E-state index in [0.717, 1.165) is 31.7 Å². The van der Waals surface area contributed by atoms with E-state index in [4.69, 9.17) is 4.74 Å². The molecule has 0 aliphatic rings. The summed E-state index contributed by atoms with van der Waals surface area (Å²) in [5, 5.41) is 2.91. The molecule has 0 aromatic heterocycles. The molecule has 0 radical (unpaired) electrons. The number of hydrogen-bond donors (Lipinski definition) is 1. The highest BCUT2D eigenvalue weighted by Crippen LogP contribution is 2.10. The lowest BCUT2D eigenvalue weighted by Gasteiger charge is -2.09. The predicted molar refractivity (Wildman–Crippen MR) is 73.1 cm³/mol. The van der Waals surface area contributed by atoms with Gasteiger partial charge in [0.2, 0.25) is 0 Å². The third-order valence-corrected chi connectivity index (χ3v) is 2.67. The molecule has 100 valence electrons. The molecule has 0 atom stereocenters. The van der Waals surface area contributed by atoms with E-state index < -0.39 is 0 Å². The topological polar surface area (TPSA) is 41.6 Å². The van der Waals surface area contributed by atoms with E-state index in [1.54, 1.807) is 31.4 Å². The van der Waals surface area contributed by atoms with Crippen LogP contribution < -0.4 is 10.1 Å². The van der Waals surface area contributed by atoms with Crippen molar-refractivity contribution in [3.8, 4) is 5.75 Å². The van der Waals surface area contributed by atoms with Crippen molar-refractivity contribution in [1.29, 1.82) is 0 Å². The van der Waals surface area contributed by atoms with Crippen LogP contribution in [-0.2, 0) is 0 Å². The van der Waals surface area contributed by atoms with Crippen LogP contribution in [0.2, 0.25) is 0 Å². The zero-order valence-corrected chi connectivity index (χ0v) is 11.4. The summed E-state index contributed by atoms with van der Waals surface area (Å²) >= 11 is 0. The Morgan fingerprint density at radius 2 is 1.89 bits per heavy atom. The number of hydrogen-bond acceptors (Lipinski definition) is 3. The number of amides is 1. The van der Waals surface area contributed by atoms with E-state index in [1.165, 1.54) is 0 Å². The summed E-state index contributed by atoms with van der Waals surface area (Å²) in [5.74, 6) is 0.736. The lowest BCUT2D eigenvalue weighted by molar-refractivity contribution is 0.0953. The van der Waals surface area contributed by atoms with Crippen molar-refractivity contribution in [2.45, 2.75) is 12.8 Å². The Bertz CT molecular complexity index is 361. The Hall–Kier alpha value is -1.55. The molecular formula is C14H22N2O2. The Morgan fingerprint density at radius 3 is 2.44 bits per heavy atom. The highest BCUT2D eigenvalue weighted by Gasteiger charge is 2.04. The van der Waals surface area contributed by atoms with Gasteiger partial charge in [-0.15, -0.1) is 0 Å². The van der Waals surface area contributed by atoms with Crippen molar-refractivity contribution in [3.05, 3.63) is 29.8 Å². The maximum absolute atomic E-state index is 11.8. The number of carbonyl (C=O) groups excluding carboxylic acids is 1. The van der Waals surface area contributed by atoms with Crippen molar-refractivity contribution < 1.29 is 9.53 Å². The van der Waals surface area contributed by atoms with Crippen molar-refractivity contribution in [2.24, 2.45) is 0 Å². The smallest absolute Gasteiger partial charge is 0.251 e. The fraction of sp³-hybridized carbons (Fsp3) is 0.500. The summed E-state index contributed by atoms with van der Waals surface area (Å²) in [4.78, 5) is 13.9. The van der Waals surface area contributed by atoms with Crippen molar-refractivity contribution in [3.63, 3.8) is 0 Å². The van der Waals surface area contributed by atoms with E-state index in [2.05, 4.69) is 24.3 Å². The summed E-state index contributed by atoms with van der Waals surface area (Å²) in [5.41, 5.74) is 0.670. The van der Waals surface area contributed by atoms with Gasteiger partial charge < -0.3 is 15.0 Å². The van der Waals surface area contributed by atoms with Crippen LogP contribution in [0.4, 0.5) is 0 Å². The largest absolute Gasteiger partial charge is 0.497 e. The average Bonchev–Trinajstić information content (AvgIpc) is 2.38. The number of methoxy groups -OCH3 is 1. The Balaban J connectivity index is 2.27. The standard InChI is InChI=1S/C14H22N2O2/c1-16(2)11-5-4-10-15-14(17)12-6-8-13(18-3)9-7-12/h6-9H,4-5,10-11H2,1-3H3,(H,15,17). The molecule has 1 aromatic carbocycles. The van der Waals surface area contributed by atoms with E-state index in [9.17, 15) is 4.79 Å². The summed E-state index contributed by atoms with van der Waals surface area (Å²) in [6.45, 7) is 1.77. The normalized spacial score (nSPS) is 10.4. The molecular weight excluding hydrogens is 228 g/mol. The van der Waals surface area contributed by atoms with Crippen LogP contribution in [0.3, 0.4) is 0 Å². The summed E-state index contributed by atoms with van der Waals surface area (Å²) in [6, 6.07) is 7.13. The van der Waals surface area contributed by atoms with Gasteiger partial charge >= 0.3 is 0 Å². The average molecular weight is 250 g/mol. The number of ether oxygens (including phenoxy) is 1. The van der Waals surface area contributed by atoms with Gasteiger partial charge in [0, 0.05) is 12.1 Å². The molecule has 1 N–H and O–H groups in total. The monoisotopic (exact) mass is 250 g/mol. The third-order valence-electron chi connectivity index (χ3n) is 2.67. The molecule has 0 heterocycles. The number of benzene rings is 1. The first-order valence-corrected chi connectivity index (χ1v) is 6.20. The number of nitrogens with zero attached hydrogens (tertiary/aromatic N) is 1. The number of carbonyl (C=O) groups is 1. The first kappa shape index (κ1) is 14.5. The van der Waals surface area contributed by atoms with E-state index >= 15 is 0 Å². The lowest BCUT2D eigenvalue weighted by atomic mass is 10.2. The van der Waals surface area contributed by atoms with Gasteiger partial charge in [0.1, 0.15) is 5.75 Å². The molecule has 4 heteroatoms. The molecule has 18 heavy (non-hydrogen) atoms. The molecule has 0 saturated carbocycles. The van der Waals surface area contributed by atoms with Gasteiger partial charge in [-0.3, -0.25) is 4.79 Å². The molecule has 0 unspecified atom stereocenters. The van der Waals surface area contributed by atoms with Gasteiger partial charge in [0.05, 0.1) is 7.11 Å². The van der Waals surface area contributed by atoms with Gasteiger partial charge in [0.15, 0.2) is 0 Å². The highest BCUT2D eigenvalue weighted by molar-refractivity contribution is 5.94. The van der Waals surface area contributed by atoms with Crippen molar-refractivity contribution in [1.82, 2.24) is 10.2 Å². The van der Waals surface area contributed by atoms with Crippen LogP contribution in [0, 0.1) is 0 Å². The second kappa shape index (κ2) is 7.71. The van der Waals surface area contributed by atoms with Crippen LogP contribution in [0.15, 0.2) is 24.3 Å². The van der Waals surface area contributed by atoms with E-state index in [1.807, 2.05) is 0 Å². The predicted octanol–water partition coefficient (Wildman–Crippen LogP) is 1.77.